The minimum Gasteiger partial charge on any atom is -0.337 e. The molecule has 0 aliphatic carbocycles. The first-order chi connectivity index (χ1) is 11.6. The van der Waals surface area contributed by atoms with Crippen LogP contribution in [0.2, 0.25) is 5.02 Å². The molecule has 2 aromatic rings. The normalized spacial score (nSPS) is 11.2. The number of nitrogens with zero attached hydrogens (tertiary/aromatic N) is 2. The third kappa shape index (κ3) is 4.55. The van der Waals surface area contributed by atoms with E-state index < -0.39 is 20.7 Å². The highest BCUT2D eigenvalue weighted by Crippen LogP contribution is 2.23. The molecule has 0 bridgehead atoms. The smallest absolute Gasteiger partial charge is 0.269 e. The Labute approximate surface area is 149 Å². The van der Waals surface area contributed by atoms with Crippen molar-refractivity contribution in [2.75, 3.05) is 13.3 Å². The lowest BCUT2D eigenvalue weighted by Gasteiger charge is -2.18. The number of nitro benzene ring substituents is 1. The van der Waals surface area contributed by atoms with Crippen LogP contribution in [0.1, 0.15) is 15.9 Å². The van der Waals surface area contributed by atoms with Crippen molar-refractivity contribution >= 4 is 33.0 Å². The summed E-state index contributed by atoms with van der Waals surface area (Å²) in [4.78, 5) is 24.2. The molecule has 25 heavy (non-hydrogen) atoms. The Balaban J connectivity index is 2.29. The van der Waals surface area contributed by atoms with Gasteiger partial charge in [0, 0.05) is 32.0 Å². The Hall–Kier alpha value is -2.45. The minimum absolute atomic E-state index is 0.0102. The summed E-state index contributed by atoms with van der Waals surface area (Å²) in [7, 11) is -1.98. The zero-order valence-electron chi connectivity index (χ0n) is 13.5. The van der Waals surface area contributed by atoms with Gasteiger partial charge in [-0.05, 0) is 23.8 Å². The Morgan fingerprint density at radius 2 is 1.92 bits per heavy atom. The van der Waals surface area contributed by atoms with Gasteiger partial charge in [0.2, 0.25) is 0 Å². The highest BCUT2D eigenvalue weighted by Gasteiger charge is 2.19. The molecule has 9 heteroatoms. The van der Waals surface area contributed by atoms with Crippen LogP contribution in [0.3, 0.4) is 0 Å². The zero-order chi connectivity index (χ0) is 18.8. The number of halogens is 1. The number of sulfone groups is 1. The summed E-state index contributed by atoms with van der Waals surface area (Å²) in [6, 6.07) is 9.83. The van der Waals surface area contributed by atoms with Gasteiger partial charge in [0.1, 0.15) is 0 Å². The number of non-ortho nitro benzene ring substituents is 1. The highest BCUT2D eigenvalue weighted by molar-refractivity contribution is 7.90. The van der Waals surface area contributed by atoms with Gasteiger partial charge >= 0.3 is 0 Å². The fraction of sp³-hybridized carbons (Fsp3) is 0.188. The van der Waals surface area contributed by atoms with Gasteiger partial charge < -0.3 is 4.90 Å². The molecular weight excluding hydrogens is 368 g/mol. The van der Waals surface area contributed by atoms with E-state index >= 15 is 0 Å². The molecule has 0 aliphatic rings. The van der Waals surface area contributed by atoms with Crippen LogP contribution in [0.4, 0.5) is 5.69 Å². The molecule has 0 unspecified atom stereocenters. The molecule has 0 atom stereocenters. The number of nitro groups is 1. The maximum absolute atomic E-state index is 12.6. The van der Waals surface area contributed by atoms with E-state index in [-0.39, 0.29) is 27.7 Å². The third-order valence-electron chi connectivity index (χ3n) is 3.48. The van der Waals surface area contributed by atoms with E-state index in [0.29, 0.717) is 5.56 Å². The molecule has 0 aliphatic heterocycles. The summed E-state index contributed by atoms with van der Waals surface area (Å²) in [5, 5.41) is 10.9. The fourth-order valence-corrected chi connectivity index (χ4v) is 3.06. The van der Waals surface area contributed by atoms with Crippen molar-refractivity contribution < 1.29 is 18.1 Å². The van der Waals surface area contributed by atoms with Crippen LogP contribution in [-0.2, 0) is 16.4 Å². The zero-order valence-corrected chi connectivity index (χ0v) is 15.0. The second-order valence-electron chi connectivity index (χ2n) is 5.50. The predicted molar refractivity (Wildman–Crippen MR) is 93.5 cm³/mol. The van der Waals surface area contributed by atoms with E-state index in [2.05, 4.69) is 0 Å². The Morgan fingerprint density at radius 1 is 1.24 bits per heavy atom. The van der Waals surface area contributed by atoms with Crippen LogP contribution in [0.15, 0.2) is 47.4 Å². The van der Waals surface area contributed by atoms with E-state index in [4.69, 9.17) is 11.6 Å². The SMILES string of the molecule is CN(Cc1cccc([N+](=O)[O-])c1)C(=O)c1cc(S(C)(=O)=O)ccc1Cl. The second kappa shape index (κ2) is 7.20. The largest absolute Gasteiger partial charge is 0.337 e. The molecule has 2 aromatic carbocycles. The molecule has 0 aromatic heterocycles. The lowest BCUT2D eigenvalue weighted by atomic mass is 10.1. The molecule has 0 radical (unpaired) electrons. The molecule has 0 saturated carbocycles. The van der Waals surface area contributed by atoms with E-state index in [1.807, 2.05) is 0 Å². The first-order valence-corrected chi connectivity index (χ1v) is 9.35. The van der Waals surface area contributed by atoms with Crippen LogP contribution in [0.5, 0.6) is 0 Å². The minimum atomic E-state index is -3.48. The number of benzene rings is 2. The van der Waals surface area contributed by atoms with Crippen LogP contribution < -0.4 is 0 Å². The number of carbonyl (C=O) groups excluding carboxylic acids is 1. The van der Waals surface area contributed by atoms with Gasteiger partial charge in [-0.2, -0.15) is 0 Å². The van der Waals surface area contributed by atoms with Gasteiger partial charge in [0.25, 0.3) is 11.6 Å². The Morgan fingerprint density at radius 3 is 2.52 bits per heavy atom. The fourth-order valence-electron chi connectivity index (χ4n) is 2.22. The average Bonchev–Trinajstić information content (AvgIpc) is 2.53. The molecule has 0 heterocycles. The van der Waals surface area contributed by atoms with Crippen molar-refractivity contribution in [3.63, 3.8) is 0 Å². The third-order valence-corrected chi connectivity index (χ3v) is 4.92. The van der Waals surface area contributed by atoms with E-state index in [9.17, 15) is 23.3 Å². The van der Waals surface area contributed by atoms with E-state index in [1.54, 1.807) is 6.07 Å². The van der Waals surface area contributed by atoms with Gasteiger partial charge in [-0.25, -0.2) is 8.42 Å². The van der Waals surface area contributed by atoms with Crippen molar-refractivity contribution in [1.82, 2.24) is 4.90 Å². The molecular formula is C16H15ClN2O5S. The quantitative estimate of drug-likeness (QED) is 0.585. The van der Waals surface area contributed by atoms with Gasteiger partial charge in [-0.3, -0.25) is 14.9 Å². The molecule has 0 N–H and O–H groups in total. The highest BCUT2D eigenvalue weighted by atomic mass is 35.5. The number of hydrogen-bond acceptors (Lipinski definition) is 5. The van der Waals surface area contributed by atoms with Gasteiger partial charge in [-0.15, -0.1) is 0 Å². The van der Waals surface area contributed by atoms with E-state index in [0.717, 1.165) is 6.26 Å². The topological polar surface area (TPSA) is 97.6 Å². The summed E-state index contributed by atoms with van der Waals surface area (Å²) in [6.45, 7) is 0.111. The number of carbonyl (C=O) groups is 1. The summed E-state index contributed by atoms with van der Waals surface area (Å²) < 4.78 is 23.3. The summed E-state index contributed by atoms with van der Waals surface area (Å²) in [5.41, 5.74) is 0.549. The molecule has 0 spiro atoms. The first kappa shape index (κ1) is 18.9. The van der Waals surface area contributed by atoms with Gasteiger partial charge in [-0.1, -0.05) is 23.7 Å². The lowest BCUT2D eigenvalue weighted by molar-refractivity contribution is -0.384. The van der Waals surface area contributed by atoms with Crippen molar-refractivity contribution in [3.8, 4) is 0 Å². The van der Waals surface area contributed by atoms with E-state index in [1.165, 1.54) is 48.3 Å². The Bertz CT molecular complexity index is 943. The molecule has 7 nitrogen and oxygen atoms in total. The summed E-state index contributed by atoms with van der Waals surface area (Å²) >= 11 is 6.02. The standard InChI is InChI=1S/C16H15ClN2O5S/c1-18(10-11-4-3-5-12(8-11)19(21)22)16(20)14-9-13(25(2,23)24)6-7-15(14)17/h3-9H,10H2,1-2H3. The molecule has 0 fully saturated rings. The number of amides is 1. The van der Waals surface area contributed by atoms with Crippen LogP contribution >= 0.6 is 11.6 Å². The van der Waals surface area contributed by atoms with Crippen molar-refractivity contribution in [1.29, 1.82) is 0 Å². The number of hydrogen-bond donors (Lipinski definition) is 0. The molecule has 132 valence electrons. The first-order valence-electron chi connectivity index (χ1n) is 7.08. The molecule has 2 rings (SSSR count). The maximum Gasteiger partial charge on any atom is 0.269 e. The maximum atomic E-state index is 12.6. The average molecular weight is 383 g/mol. The molecule has 1 amide bonds. The summed E-state index contributed by atoms with van der Waals surface area (Å²) in [6.07, 6.45) is 1.04. The predicted octanol–water partition coefficient (Wildman–Crippen LogP) is 2.92. The van der Waals surface area contributed by atoms with Gasteiger partial charge in [0.15, 0.2) is 9.84 Å². The second-order valence-corrected chi connectivity index (χ2v) is 7.92. The van der Waals surface area contributed by atoms with Crippen LogP contribution in [0.25, 0.3) is 0 Å². The van der Waals surface area contributed by atoms with Crippen LogP contribution in [0, 0.1) is 10.1 Å². The monoisotopic (exact) mass is 382 g/mol. The van der Waals surface area contributed by atoms with Crippen molar-refractivity contribution in [2.45, 2.75) is 11.4 Å². The summed E-state index contributed by atoms with van der Waals surface area (Å²) in [5.74, 6) is -0.484. The van der Waals surface area contributed by atoms with Gasteiger partial charge in [0.05, 0.1) is 20.4 Å². The molecule has 0 saturated heterocycles. The Kier molecular flexibility index (Phi) is 5.44. The van der Waals surface area contributed by atoms with Crippen molar-refractivity contribution in [2.24, 2.45) is 0 Å². The lowest BCUT2D eigenvalue weighted by Crippen LogP contribution is -2.26. The van der Waals surface area contributed by atoms with Crippen molar-refractivity contribution in [3.05, 3.63) is 68.7 Å². The number of rotatable bonds is 5. The van der Waals surface area contributed by atoms with Crippen LogP contribution in [-0.4, -0.2) is 37.5 Å².